The number of benzene rings is 1. The summed E-state index contributed by atoms with van der Waals surface area (Å²) in [6.07, 6.45) is 4.83. The number of H-pyrrole nitrogens is 1. The SMILES string of the molecule is N=S(=O)(/C=C/CNC(=O)c1cc2c([nH]c1=O)CCCC2)c1ccc(F)cc1F. The van der Waals surface area contributed by atoms with Crippen LogP contribution in [-0.2, 0) is 22.6 Å². The third-order valence-electron chi connectivity index (χ3n) is 4.47. The number of carbonyl (C=O) groups excluding carboxylic acids is 1. The molecule has 1 heterocycles. The van der Waals surface area contributed by atoms with E-state index >= 15 is 0 Å². The second kappa shape index (κ2) is 8.05. The number of aryl methyl sites for hydroxylation is 2. The molecule has 1 aliphatic carbocycles. The number of rotatable bonds is 5. The number of fused-ring (bicyclic) bond motifs is 1. The molecule has 9 heteroatoms. The molecule has 1 atom stereocenters. The quantitative estimate of drug-likeness (QED) is 0.710. The minimum Gasteiger partial charge on any atom is -0.348 e. The van der Waals surface area contributed by atoms with E-state index < -0.39 is 37.7 Å². The van der Waals surface area contributed by atoms with Gasteiger partial charge in [-0.15, -0.1) is 0 Å². The molecule has 2 aromatic rings. The van der Waals surface area contributed by atoms with Gasteiger partial charge >= 0.3 is 0 Å². The average molecular weight is 407 g/mol. The van der Waals surface area contributed by atoms with Crippen LogP contribution in [0.5, 0.6) is 0 Å². The number of aromatic nitrogens is 1. The zero-order chi connectivity index (χ0) is 20.3. The van der Waals surface area contributed by atoms with Crippen molar-refractivity contribution < 1.29 is 17.8 Å². The van der Waals surface area contributed by atoms with Crippen molar-refractivity contribution in [3.05, 3.63) is 74.6 Å². The summed E-state index contributed by atoms with van der Waals surface area (Å²) < 4.78 is 46.7. The Hall–Kier alpha value is -2.81. The lowest BCUT2D eigenvalue weighted by Crippen LogP contribution is -2.31. The lowest BCUT2D eigenvalue weighted by Gasteiger charge is -2.15. The molecule has 1 unspecified atom stereocenters. The Morgan fingerprint density at radius 1 is 1.25 bits per heavy atom. The van der Waals surface area contributed by atoms with Crippen LogP contribution in [0.3, 0.4) is 0 Å². The Balaban J connectivity index is 1.67. The molecule has 0 aliphatic heterocycles. The second-order valence-electron chi connectivity index (χ2n) is 6.48. The van der Waals surface area contributed by atoms with Gasteiger partial charge in [0.15, 0.2) is 0 Å². The van der Waals surface area contributed by atoms with Gasteiger partial charge in [-0.25, -0.2) is 17.8 Å². The first-order valence-electron chi connectivity index (χ1n) is 8.71. The average Bonchev–Trinajstić information content (AvgIpc) is 2.64. The van der Waals surface area contributed by atoms with Crippen LogP contribution in [0.25, 0.3) is 0 Å². The van der Waals surface area contributed by atoms with Crippen LogP contribution in [0.4, 0.5) is 8.78 Å². The van der Waals surface area contributed by atoms with Crippen molar-refractivity contribution in [1.82, 2.24) is 10.3 Å². The van der Waals surface area contributed by atoms with Gasteiger partial charge in [0.05, 0.1) is 14.6 Å². The van der Waals surface area contributed by atoms with Gasteiger partial charge in [0.25, 0.3) is 11.5 Å². The molecule has 6 nitrogen and oxygen atoms in total. The van der Waals surface area contributed by atoms with Crippen molar-refractivity contribution in [2.75, 3.05) is 6.54 Å². The number of aromatic amines is 1. The van der Waals surface area contributed by atoms with Crippen LogP contribution < -0.4 is 10.9 Å². The molecule has 1 amide bonds. The summed E-state index contributed by atoms with van der Waals surface area (Å²) in [6.45, 7) is -0.103. The zero-order valence-corrected chi connectivity index (χ0v) is 15.7. The highest BCUT2D eigenvalue weighted by Gasteiger charge is 2.17. The molecular formula is C19H19F2N3O3S. The molecule has 148 valence electrons. The molecule has 0 bridgehead atoms. The Morgan fingerprint density at radius 3 is 2.75 bits per heavy atom. The summed E-state index contributed by atoms with van der Waals surface area (Å²) in [5, 5.41) is 3.43. The Bertz CT molecular complexity index is 1110. The van der Waals surface area contributed by atoms with Crippen LogP contribution in [0.15, 0.2) is 45.4 Å². The van der Waals surface area contributed by atoms with Gasteiger partial charge in [-0.2, -0.15) is 0 Å². The number of pyridine rings is 1. The van der Waals surface area contributed by atoms with Crippen molar-refractivity contribution in [2.45, 2.75) is 30.6 Å². The first-order valence-corrected chi connectivity index (χ1v) is 10.3. The Kier molecular flexibility index (Phi) is 5.73. The van der Waals surface area contributed by atoms with Gasteiger partial charge in [0.2, 0.25) is 0 Å². The molecule has 28 heavy (non-hydrogen) atoms. The summed E-state index contributed by atoms with van der Waals surface area (Å²) in [6, 6.07) is 4.02. The van der Waals surface area contributed by atoms with E-state index in [1.807, 2.05) is 0 Å². The summed E-state index contributed by atoms with van der Waals surface area (Å²) in [4.78, 5) is 26.6. The number of nitrogens with one attached hydrogen (secondary N) is 3. The monoisotopic (exact) mass is 407 g/mol. The predicted octanol–water partition coefficient (Wildman–Crippen LogP) is 2.88. The highest BCUT2D eigenvalue weighted by Crippen LogP contribution is 2.19. The fourth-order valence-electron chi connectivity index (χ4n) is 3.07. The molecule has 1 aromatic carbocycles. The number of amides is 1. The summed E-state index contributed by atoms with van der Waals surface area (Å²) in [7, 11) is -3.63. The van der Waals surface area contributed by atoms with Crippen molar-refractivity contribution in [2.24, 2.45) is 0 Å². The second-order valence-corrected chi connectivity index (χ2v) is 8.39. The number of carbonyl (C=O) groups is 1. The summed E-state index contributed by atoms with van der Waals surface area (Å²) in [5.41, 5.74) is 1.33. The molecule has 0 spiro atoms. The first kappa shape index (κ1) is 19.9. The maximum absolute atomic E-state index is 13.7. The zero-order valence-electron chi connectivity index (χ0n) is 14.9. The van der Waals surface area contributed by atoms with Crippen LogP contribution >= 0.6 is 0 Å². The summed E-state index contributed by atoms with van der Waals surface area (Å²) >= 11 is 0. The van der Waals surface area contributed by atoms with Crippen molar-refractivity contribution >= 4 is 15.6 Å². The van der Waals surface area contributed by atoms with Crippen LogP contribution in [0.2, 0.25) is 0 Å². The molecular weight excluding hydrogens is 388 g/mol. The van der Waals surface area contributed by atoms with Crippen molar-refractivity contribution in [3.8, 4) is 0 Å². The van der Waals surface area contributed by atoms with Gasteiger partial charge in [0, 0.05) is 23.7 Å². The van der Waals surface area contributed by atoms with E-state index in [-0.39, 0.29) is 12.1 Å². The Labute approximate surface area is 160 Å². The van der Waals surface area contributed by atoms with Crippen LogP contribution in [0, 0.1) is 16.4 Å². The maximum Gasteiger partial charge on any atom is 0.261 e. The third kappa shape index (κ3) is 4.36. The van der Waals surface area contributed by atoms with Crippen molar-refractivity contribution in [3.63, 3.8) is 0 Å². The molecule has 3 N–H and O–H groups in total. The molecule has 0 saturated carbocycles. The van der Waals surface area contributed by atoms with E-state index in [1.165, 1.54) is 6.08 Å². The van der Waals surface area contributed by atoms with Crippen molar-refractivity contribution in [1.29, 1.82) is 4.78 Å². The Morgan fingerprint density at radius 2 is 2.00 bits per heavy atom. The number of halogens is 2. The minimum absolute atomic E-state index is 0.00904. The highest BCUT2D eigenvalue weighted by molar-refractivity contribution is 7.95. The maximum atomic E-state index is 13.7. The van der Waals surface area contributed by atoms with E-state index in [2.05, 4.69) is 10.3 Å². The van der Waals surface area contributed by atoms with Crippen LogP contribution in [0.1, 0.15) is 34.5 Å². The smallest absolute Gasteiger partial charge is 0.261 e. The fourth-order valence-corrected chi connectivity index (χ4v) is 4.20. The molecule has 3 rings (SSSR count). The summed E-state index contributed by atoms with van der Waals surface area (Å²) in [5.74, 6) is -2.50. The van der Waals surface area contributed by atoms with E-state index in [0.717, 1.165) is 54.5 Å². The van der Waals surface area contributed by atoms with E-state index in [9.17, 15) is 22.6 Å². The van der Waals surface area contributed by atoms with Gasteiger partial charge in [-0.3, -0.25) is 9.59 Å². The molecule has 0 radical (unpaired) electrons. The van der Waals surface area contributed by atoms with E-state index in [1.54, 1.807) is 6.07 Å². The predicted molar refractivity (Wildman–Crippen MR) is 101 cm³/mol. The van der Waals surface area contributed by atoms with Gasteiger partial charge < -0.3 is 10.3 Å². The molecule has 0 fully saturated rings. The van der Waals surface area contributed by atoms with E-state index in [0.29, 0.717) is 6.07 Å². The molecule has 1 aromatic heterocycles. The highest BCUT2D eigenvalue weighted by atomic mass is 32.2. The molecule has 1 aliphatic rings. The van der Waals surface area contributed by atoms with Gasteiger partial charge in [-0.1, -0.05) is 6.08 Å². The fraction of sp³-hybridized carbons (Fsp3) is 0.263. The number of hydrogen-bond donors (Lipinski definition) is 3. The largest absolute Gasteiger partial charge is 0.348 e. The third-order valence-corrected chi connectivity index (χ3v) is 6.03. The minimum atomic E-state index is -3.63. The van der Waals surface area contributed by atoms with E-state index in [4.69, 9.17) is 4.78 Å². The number of hydrogen-bond acceptors (Lipinski definition) is 4. The molecule has 0 saturated heterocycles. The lowest BCUT2D eigenvalue weighted by atomic mass is 9.95. The standard InChI is InChI=1S/C19H19F2N3O3S/c20-13-6-7-17(15(21)11-13)28(22,27)9-3-8-23-18(25)14-10-12-4-1-2-5-16(12)24-19(14)26/h3,6-7,9-11,22H,1-2,4-5,8H2,(H,23,25)(H,24,26)/b9-3+. The van der Waals surface area contributed by atoms with Gasteiger partial charge in [0.1, 0.15) is 17.2 Å². The topological polar surface area (TPSA) is 103 Å². The first-order chi connectivity index (χ1) is 13.3. The van der Waals surface area contributed by atoms with Crippen LogP contribution in [-0.4, -0.2) is 21.6 Å². The normalized spacial score (nSPS) is 15.8. The van der Waals surface area contributed by atoms with Gasteiger partial charge in [-0.05, 0) is 49.4 Å². The lowest BCUT2D eigenvalue weighted by molar-refractivity contribution is 0.0956.